The molecule has 0 bridgehead atoms. The number of rotatable bonds is 29. The van der Waals surface area contributed by atoms with Gasteiger partial charge < -0.3 is 5.11 Å². The highest BCUT2D eigenvalue weighted by atomic mass is 16.4. The predicted octanol–water partition coefficient (Wildman–Crippen LogP) is 11.1. The summed E-state index contributed by atoms with van der Waals surface area (Å²) in [6.07, 6.45) is 35.6. The van der Waals surface area contributed by atoms with Crippen molar-refractivity contribution >= 4 is 11.8 Å². The molecule has 0 heterocycles. The molecule has 212 valence electrons. The summed E-state index contributed by atoms with van der Waals surface area (Å²) in [5.41, 5.74) is 1.20. The van der Waals surface area contributed by atoms with Crippen LogP contribution in [0.2, 0.25) is 0 Å². The molecular weight excluding hydrogens is 444 g/mol. The zero-order valence-corrected chi connectivity index (χ0v) is 24.4. The largest absolute Gasteiger partial charge is 0.481 e. The molecule has 0 aromatic rings. The van der Waals surface area contributed by atoms with E-state index in [1.807, 2.05) is 13.0 Å². The van der Waals surface area contributed by atoms with Gasteiger partial charge in [0.25, 0.3) is 0 Å². The molecule has 0 fully saturated rings. The van der Waals surface area contributed by atoms with Gasteiger partial charge >= 0.3 is 5.97 Å². The number of hydrogen-bond donors (Lipinski definition) is 1. The second-order valence-corrected chi connectivity index (χ2v) is 11.2. The van der Waals surface area contributed by atoms with Crippen molar-refractivity contribution in [3.63, 3.8) is 0 Å². The van der Waals surface area contributed by atoms with E-state index in [-0.39, 0.29) is 0 Å². The number of ketones is 1. The summed E-state index contributed by atoms with van der Waals surface area (Å²) in [6.45, 7) is 4.15. The number of carbonyl (C=O) groups excluding carboxylic acids is 1. The van der Waals surface area contributed by atoms with E-state index in [4.69, 9.17) is 5.11 Å². The molecule has 0 atom stereocenters. The molecule has 0 aliphatic rings. The summed E-state index contributed by atoms with van der Waals surface area (Å²) in [6, 6.07) is 0. The highest BCUT2D eigenvalue weighted by molar-refractivity contribution is 5.90. The number of carbonyl (C=O) groups is 2. The molecular formula is C33H62O3. The number of carboxylic acids is 1. The molecule has 0 aromatic carbocycles. The Morgan fingerprint density at radius 3 is 0.972 bits per heavy atom. The molecule has 0 amide bonds. The fourth-order valence-electron chi connectivity index (χ4n) is 4.91. The van der Waals surface area contributed by atoms with Gasteiger partial charge in [-0.1, -0.05) is 154 Å². The molecule has 3 heteroatoms. The maximum atomic E-state index is 11.8. The topological polar surface area (TPSA) is 54.4 Å². The number of allylic oxidation sites excluding steroid dienone is 2. The Kier molecular flexibility index (Phi) is 27.6. The first kappa shape index (κ1) is 34.9. The van der Waals surface area contributed by atoms with E-state index in [0.717, 1.165) is 32.1 Å². The van der Waals surface area contributed by atoms with Crippen molar-refractivity contribution in [2.24, 2.45) is 0 Å². The standard InChI is InChI=1S/C33H62O3/c1-3-31(2)30-32(34)28-26-24-22-20-18-16-14-12-10-8-6-4-5-7-9-11-13-15-17-19-21-23-25-27-29-33(35)36/h30H,3-29H2,1-2H3,(H,35,36). The smallest absolute Gasteiger partial charge is 0.303 e. The van der Waals surface area contributed by atoms with Crippen molar-refractivity contribution in [2.75, 3.05) is 0 Å². The van der Waals surface area contributed by atoms with Crippen LogP contribution in [-0.2, 0) is 9.59 Å². The molecule has 0 spiro atoms. The van der Waals surface area contributed by atoms with Gasteiger partial charge in [-0.2, -0.15) is 0 Å². The van der Waals surface area contributed by atoms with Crippen LogP contribution in [0.25, 0.3) is 0 Å². The fraction of sp³-hybridized carbons (Fsp3) is 0.879. The van der Waals surface area contributed by atoms with Crippen LogP contribution in [0.3, 0.4) is 0 Å². The van der Waals surface area contributed by atoms with Crippen molar-refractivity contribution < 1.29 is 14.7 Å². The van der Waals surface area contributed by atoms with E-state index in [0.29, 0.717) is 12.2 Å². The highest BCUT2D eigenvalue weighted by Crippen LogP contribution is 2.16. The van der Waals surface area contributed by atoms with Crippen LogP contribution in [-0.4, -0.2) is 16.9 Å². The van der Waals surface area contributed by atoms with Gasteiger partial charge in [0, 0.05) is 12.8 Å². The van der Waals surface area contributed by atoms with E-state index in [1.165, 1.54) is 140 Å². The number of aliphatic carboxylic acids is 1. The van der Waals surface area contributed by atoms with Gasteiger partial charge in [-0.3, -0.25) is 9.59 Å². The average Bonchev–Trinajstić information content (AvgIpc) is 2.85. The zero-order valence-electron chi connectivity index (χ0n) is 24.4. The van der Waals surface area contributed by atoms with Crippen LogP contribution < -0.4 is 0 Å². The molecule has 0 rings (SSSR count). The maximum absolute atomic E-state index is 11.8. The quantitative estimate of drug-likeness (QED) is 0.0810. The Hall–Kier alpha value is -1.12. The van der Waals surface area contributed by atoms with Crippen LogP contribution in [0, 0.1) is 0 Å². The van der Waals surface area contributed by atoms with Crippen molar-refractivity contribution in [1.82, 2.24) is 0 Å². The first-order valence-electron chi connectivity index (χ1n) is 16.0. The summed E-state index contributed by atoms with van der Waals surface area (Å²) >= 11 is 0. The summed E-state index contributed by atoms with van der Waals surface area (Å²) in [4.78, 5) is 22.2. The monoisotopic (exact) mass is 506 g/mol. The maximum Gasteiger partial charge on any atom is 0.303 e. The third-order valence-electron chi connectivity index (χ3n) is 7.53. The summed E-state index contributed by atoms with van der Waals surface area (Å²) in [5.74, 6) is -0.340. The third kappa shape index (κ3) is 29.1. The van der Waals surface area contributed by atoms with E-state index in [2.05, 4.69) is 6.92 Å². The normalized spacial score (nSPS) is 11.8. The Morgan fingerprint density at radius 1 is 0.472 bits per heavy atom. The van der Waals surface area contributed by atoms with E-state index in [1.54, 1.807) is 0 Å². The van der Waals surface area contributed by atoms with Crippen LogP contribution in [0.15, 0.2) is 11.6 Å². The Balaban J connectivity index is 3.12. The van der Waals surface area contributed by atoms with Gasteiger partial charge in [-0.05, 0) is 32.3 Å². The van der Waals surface area contributed by atoms with Gasteiger partial charge in [-0.15, -0.1) is 0 Å². The van der Waals surface area contributed by atoms with Crippen LogP contribution >= 0.6 is 0 Å². The molecule has 3 nitrogen and oxygen atoms in total. The lowest BCUT2D eigenvalue weighted by molar-refractivity contribution is -0.137. The lowest BCUT2D eigenvalue weighted by Gasteiger charge is -2.04. The SMILES string of the molecule is CCC(C)=CC(=O)CCCCCCCCCCCCCCCCCCCCCCCCCCC(=O)O. The molecule has 36 heavy (non-hydrogen) atoms. The molecule has 0 aliphatic heterocycles. The summed E-state index contributed by atoms with van der Waals surface area (Å²) in [7, 11) is 0. The van der Waals surface area contributed by atoms with Crippen molar-refractivity contribution in [3.8, 4) is 0 Å². The molecule has 0 saturated heterocycles. The molecule has 0 saturated carbocycles. The lowest BCUT2D eigenvalue weighted by atomic mass is 10.0. The van der Waals surface area contributed by atoms with E-state index < -0.39 is 5.97 Å². The van der Waals surface area contributed by atoms with Crippen molar-refractivity contribution in [3.05, 3.63) is 11.6 Å². The number of unbranched alkanes of at least 4 members (excludes halogenated alkanes) is 23. The van der Waals surface area contributed by atoms with E-state index >= 15 is 0 Å². The first-order valence-corrected chi connectivity index (χ1v) is 16.0. The highest BCUT2D eigenvalue weighted by Gasteiger charge is 2.00. The van der Waals surface area contributed by atoms with E-state index in [9.17, 15) is 9.59 Å². The van der Waals surface area contributed by atoms with Gasteiger partial charge in [-0.25, -0.2) is 0 Å². The Morgan fingerprint density at radius 2 is 0.722 bits per heavy atom. The second kappa shape index (κ2) is 28.5. The molecule has 1 N–H and O–H groups in total. The van der Waals surface area contributed by atoms with Gasteiger partial charge in [0.05, 0.1) is 0 Å². The lowest BCUT2D eigenvalue weighted by Crippen LogP contribution is -1.94. The zero-order chi connectivity index (χ0) is 26.5. The molecule has 0 unspecified atom stereocenters. The van der Waals surface area contributed by atoms with Gasteiger partial charge in [0.2, 0.25) is 0 Å². The van der Waals surface area contributed by atoms with Crippen LogP contribution in [0.5, 0.6) is 0 Å². The van der Waals surface area contributed by atoms with Crippen molar-refractivity contribution in [1.29, 1.82) is 0 Å². The minimum Gasteiger partial charge on any atom is -0.481 e. The van der Waals surface area contributed by atoms with Crippen LogP contribution in [0.1, 0.15) is 187 Å². The molecule has 0 aromatic heterocycles. The van der Waals surface area contributed by atoms with Gasteiger partial charge in [0.1, 0.15) is 0 Å². The van der Waals surface area contributed by atoms with Crippen LogP contribution in [0.4, 0.5) is 0 Å². The third-order valence-corrected chi connectivity index (χ3v) is 7.53. The predicted molar refractivity (Wildman–Crippen MR) is 157 cm³/mol. The summed E-state index contributed by atoms with van der Waals surface area (Å²) in [5, 5.41) is 8.62. The molecule has 0 aliphatic carbocycles. The fourth-order valence-corrected chi connectivity index (χ4v) is 4.91. The Labute approximate surface area is 225 Å². The Bertz CT molecular complexity index is 523. The average molecular weight is 507 g/mol. The van der Waals surface area contributed by atoms with Crippen molar-refractivity contribution in [2.45, 2.75) is 187 Å². The minimum atomic E-state index is -0.656. The van der Waals surface area contributed by atoms with Gasteiger partial charge in [0.15, 0.2) is 5.78 Å². The minimum absolute atomic E-state index is 0.316. The summed E-state index contributed by atoms with van der Waals surface area (Å²) < 4.78 is 0. The number of carboxylic acid groups (broad SMARTS) is 1. The number of hydrogen-bond acceptors (Lipinski definition) is 2. The first-order chi connectivity index (χ1) is 17.6. The second-order valence-electron chi connectivity index (χ2n) is 11.2. The molecule has 0 radical (unpaired) electrons.